The largest absolute Gasteiger partial charge is 0.463 e. The molecule has 1 aliphatic heterocycles. The number of para-hydroxylation sites is 1. The van der Waals surface area contributed by atoms with Gasteiger partial charge in [-0.2, -0.15) is 5.26 Å². The highest BCUT2D eigenvalue weighted by Crippen LogP contribution is 2.30. The lowest BCUT2D eigenvalue weighted by molar-refractivity contribution is -0.139. The van der Waals surface area contributed by atoms with Crippen LogP contribution in [0.2, 0.25) is 0 Å². The Hall–Kier alpha value is -5.00. The van der Waals surface area contributed by atoms with Crippen LogP contribution in [0.4, 0.5) is 0 Å². The van der Waals surface area contributed by atoms with Crippen molar-refractivity contribution in [3.05, 3.63) is 138 Å². The minimum absolute atomic E-state index is 0.219. The zero-order valence-electron chi connectivity index (χ0n) is 22.6. The number of carbonyl (C=O) groups is 1. The monoisotopic (exact) mass is 558 g/mol. The maximum atomic E-state index is 14.0. The predicted molar refractivity (Wildman–Crippen MR) is 159 cm³/mol. The Bertz CT molecular complexity index is 2060. The molecular formula is C33H26N4O3S. The van der Waals surface area contributed by atoms with E-state index in [1.54, 1.807) is 18.4 Å². The minimum Gasteiger partial charge on any atom is -0.463 e. The summed E-state index contributed by atoms with van der Waals surface area (Å²) in [6, 6.07) is 26.7. The molecule has 41 heavy (non-hydrogen) atoms. The number of hydrogen-bond donors (Lipinski definition) is 0. The number of allylic oxidation sites excluding steroid dienone is 1. The van der Waals surface area contributed by atoms with Gasteiger partial charge in [-0.05, 0) is 43.2 Å². The smallest absolute Gasteiger partial charge is 0.338 e. The molecule has 6 rings (SSSR count). The second kappa shape index (κ2) is 10.9. The van der Waals surface area contributed by atoms with Crippen molar-refractivity contribution in [1.82, 2.24) is 9.13 Å². The second-order valence-corrected chi connectivity index (χ2v) is 10.7. The van der Waals surface area contributed by atoms with Gasteiger partial charge in [-0.3, -0.25) is 9.36 Å². The first-order valence-electron chi connectivity index (χ1n) is 13.3. The molecule has 1 aliphatic rings. The molecule has 0 saturated carbocycles. The second-order valence-electron chi connectivity index (χ2n) is 9.71. The Morgan fingerprint density at radius 1 is 1.07 bits per heavy atom. The number of nitriles is 1. The first-order chi connectivity index (χ1) is 20.0. The molecule has 0 fully saturated rings. The van der Waals surface area contributed by atoms with Crippen LogP contribution in [0.25, 0.3) is 17.0 Å². The van der Waals surface area contributed by atoms with Crippen molar-refractivity contribution in [3.63, 3.8) is 0 Å². The van der Waals surface area contributed by atoms with Crippen molar-refractivity contribution in [2.45, 2.75) is 26.4 Å². The normalized spacial score (nSPS) is 15.0. The summed E-state index contributed by atoms with van der Waals surface area (Å²) >= 11 is 1.30. The molecule has 0 amide bonds. The van der Waals surface area contributed by atoms with Gasteiger partial charge < -0.3 is 9.30 Å². The van der Waals surface area contributed by atoms with Crippen molar-refractivity contribution in [2.24, 2.45) is 4.99 Å². The van der Waals surface area contributed by atoms with Crippen molar-refractivity contribution >= 4 is 34.3 Å². The molecule has 0 aliphatic carbocycles. The average molecular weight is 559 g/mol. The summed E-state index contributed by atoms with van der Waals surface area (Å²) in [5.74, 6) is -0.474. The zero-order valence-corrected chi connectivity index (χ0v) is 23.4. The molecule has 0 saturated heterocycles. The SMILES string of the molecule is CCOC(=O)C1=C(C)N=c2s/c(=C/c3cn(Cc4ccccc4C#N)c4ccccc34)c(=O)n2[C@@H]1c1ccccc1. The Kier molecular flexibility index (Phi) is 6.96. The number of benzene rings is 3. The van der Waals surface area contributed by atoms with E-state index in [9.17, 15) is 14.9 Å². The summed E-state index contributed by atoms with van der Waals surface area (Å²) < 4.78 is 9.60. The first-order valence-corrected chi connectivity index (χ1v) is 14.1. The Labute approximate surface area is 240 Å². The topological polar surface area (TPSA) is 89.4 Å². The van der Waals surface area contributed by atoms with E-state index in [-0.39, 0.29) is 12.2 Å². The van der Waals surface area contributed by atoms with E-state index in [4.69, 9.17) is 4.74 Å². The lowest BCUT2D eigenvalue weighted by atomic mass is 9.96. The quantitative estimate of drug-likeness (QED) is 0.283. The zero-order chi connectivity index (χ0) is 28.5. The molecule has 3 heterocycles. The number of nitrogens with zero attached hydrogens (tertiary/aromatic N) is 4. The molecule has 0 spiro atoms. The maximum Gasteiger partial charge on any atom is 0.338 e. The number of thiazole rings is 1. The van der Waals surface area contributed by atoms with Crippen molar-refractivity contribution in [3.8, 4) is 6.07 Å². The number of fused-ring (bicyclic) bond motifs is 2. The van der Waals surface area contributed by atoms with Crippen molar-refractivity contribution < 1.29 is 9.53 Å². The van der Waals surface area contributed by atoms with Crippen LogP contribution in [-0.2, 0) is 16.1 Å². The molecule has 3 aromatic carbocycles. The van der Waals surface area contributed by atoms with E-state index >= 15 is 0 Å². The molecule has 5 aromatic rings. The minimum atomic E-state index is -0.641. The Morgan fingerprint density at radius 3 is 2.59 bits per heavy atom. The summed E-state index contributed by atoms with van der Waals surface area (Å²) in [4.78, 5) is 32.3. The lowest BCUT2D eigenvalue weighted by Gasteiger charge is -2.24. The fourth-order valence-corrected chi connectivity index (χ4v) is 6.39. The molecule has 202 valence electrons. The van der Waals surface area contributed by atoms with E-state index in [2.05, 4.69) is 15.6 Å². The fourth-order valence-electron chi connectivity index (χ4n) is 5.36. The van der Waals surface area contributed by atoms with Gasteiger partial charge in [-0.15, -0.1) is 0 Å². The summed E-state index contributed by atoms with van der Waals surface area (Å²) in [6.07, 6.45) is 3.91. The van der Waals surface area contributed by atoms with Crippen LogP contribution in [0, 0.1) is 11.3 Å². The van der Waals surface area contributed by atoms with Crippen LogP contribution < -0.4 is 14.9 Å². The van der Waals surface area contributed by atoms with E-state index < -0.39 is 12.0 Å². The van der Waals surface area contributed by atoms with E-state index in [1.807, 2.05) is 91.1 Å². The third-order valence-corrected chi connectivity index (χ3v) is 8.20. The van der Waals surface area contributed by atoms with E-state index in [0.29, 0.717) is 32.7 Å². The third-order valence-electron chi connectivity index (χ3n) is 7.22. The predicted octanol–water partition coefficient (Wildman–Crippen LogP) is 4.67. The van der Waals surface area contributed by atoms with Gasteiger partial charge in [0.05, 0.1) is 40.1 Å². The van der Waals surface area contributed by atoms with Crippen molar-refractivity contribution in [2.75, 3.05) is 6.61 Å². The summed E-state index contributed by atoms with van der Waals surface area (Å²) in [5.41, 5.74) is 4.94. The maximum absolute atomic E-state index is 14.0. The van der Waals surface area contributed by atoms with Gasteiger partial charge in [0, 0.05) is 29.2 Å². The summed E-state index contributed by atoms with van der Waals surface area (Å²) in [7, 11) is 0. The number of carbonyl (C=O) groups excluding carboxylic acids is 1. The highest BCUT2D eigenvalue weighted by molar-refractivity contribution is 7.07. The molecule has 0 bridgehead atoms. The van der Waals surface area contributed by atoms with Gasteiger partial charge in [-0.25, -0.2) is 9.79 Å². The fraction of sp³-hybridized carbons (Fsp3) is 0.152. The van der Waals surface area contributed by atoms with Gasteiger partial charge in [0.15, 0.2) is 4.80 Å². The van der Waals surface area contributed by atoms with Gasteiger partial charge in [0.1, 0.15) is 0 Å². The van der Waals surface area contributed by atoms with Gasteiger partial charge in [0.2, 0.25) is 0 Å². The molecule has 0 unspecified atom stereocenters. The molecule has 0 radical (unpaired) electrons. The molecule has 8 heteroatoms. The van der Waals surface area contributed by atoms with Gasteiger partial charge in [0.25, 0.3) is 5.56 Å². The Morgan fingerprint density at radius 2 is 1.80 bits per heavy atom. The number of esters is 1. The van der Waals surface area contributed by atoms with Crippen LogP contribution in [0.1, 0.15) is 42.1 Å². The Balaban J connectivity index is 1.52. The van der Waals surface area contributed by atoms with Gasteiger partial charge >= 0.3 is 5.97 Å². The van der Waals surface area contributed by atoms with E-state index in [1.165, 1.54) is 11.3 Å². The van der Waals surface area contributed by atoms with Crippen LogP contribution in [-0.4, -0.2) is 21.7 Å². The molecule has 7 nitrogen and oxygen atoms in total. The number of ether oxygens (including phenoxy) is 1. The third kappa shape index (κ3) is 4.71. The number of hydrogen-bond acceptors (Lipinski definition) is 6. The van der Waals surface area contributed by atoms with E-state index in [0.717, 1.165) is 27.6 Å². The van der Waals surface area contributed by atoms with Crippen LogP contribution in [0.3, 0.4) is 0 Å². The lowest BCUT2D eigenvalue weighted by Crippen LogP contribution is -2.39. The molecule has 2 aromatic heterocycles. The molecule has 1 atom stereocenters. The van der Waals surface area contributed by atoms with Crippen LogP contribution in [0.15, 0.2) is 106 Å². The van der Waals surface area contributed by atoms with Crippen LogP contribution in [0.5, 0.6) is 0 Å². The van der Waals surface area contributed by atoms with Gasteiger partial charge in [-0.1, -0.05) is 78.1 Å². The highest BCUT2D eigenvalue weighted by atomic mass is 32.1. The van der Waals surface area contributed by atoms with Crippen LogP contribution >= 0.6 is 11.3 Å². The number of aromatic nitrogens is 2. The molecule has 0 N–H and O–H groups in total. The average Bonchev–Trinajstić information content (AvgIpc) is 3.49. The number of rotatable bonds is 6. The van der Waals surface area contributed by atoms with Crippen molar-refractivity contribution in [1.29, 1.82) is 5.26 Å². The highest BCUT2D eigenvalue weighted by Gasteiger charge is 2.33. The molecular weight excluding hydrogens is 532 g/mol. The first kappa shape index (κ1) is 26.2. The summed E-state index contributed by atoms with van der Waals surface area (Å²) in [5, 5.41) is 10.6. The standard InChI is InChI=1S/C33H26N4O3S/c1-3-40-32(39)29-21(2)35-33-37(30(29)22-11-5-4-6-12-22)31(38)28(41-33)17-25-20-36(27-16-10-9-15-26(25)27)19-24-14-8-7-13-23(24)18-34/h4-17,20,30H,3,19H2,1-2H3/b28-17+/t30-/m1/s1. The summed E-state index contributed by atoms with van der Waals surface area (Å²) in [6.45, 7) is 4.29.